The van der Waals surface area contributed by atoms with Gasteiger partial charge in [0.1, 0.15) is 0 Å². The standard InChI is InChI=1S/C13H18BrF/c1-9(2)4-11-5-12(10(3)8-15)7-13(14)6-11/h5-7,9-10H,4,8H2,1-3H3. The highest BCUT2D eigenvalue weighted by molar-refractivity contribution is 9.10. The molecule has 1 rings (SSSR count). The average molecular weight is 273 g/mol. The molecule has 0 aliphatic heterocycles. The van der Waals surface area contributed by atoms with Crippen LogP contribution in [0.3, 0.4) is 0 Å². The minimum atomic E-state index is -0.294. The zero-order chi connectivity index (χ0) is 11.4. The van der Waals surface area contributed by atoms with Crippen LogP contribution in [-0.4, -0.2) is 6.67 Å². The lowest BCUT2D eigenvalue weighted by atomic mass is 9.96. The fourth-order valence-electron chi connectivity index (χ4n) is 1.64. The Morgan fingerprint density at radius 3 is 2.40 bits per heavy atom. The highest BCUT2D eigenvalue weighted by atomic mass is 79.9. The third kappa shape index (κ3) is 3.94. The van der Waals surface area contributed by atoms with Crippen LogP contribution in [0.5, 0.6) is 0 Å². The lowest BCUT2D eigenvalue weighted by Gasteiger charge is -2.12. The van der Waals surface area contributed by atoms with E-state index in [-0.39, 0.29) is 12.6 Å². The number of rotatable bonds is 4. The third-order valence-corrected chi connectivity index (χ3v) is 2.88. The zero-order valence-electron chi connectivity index (χ0n) is 9.56. The first-order chi connectivity index (χ1) is 7.02. The number of benzene rings is 1. The molecule has 1 aromatic rings. The van der Waals surface area contributed by atoms with E-state index in [4.69, 9.17) is 0 Å². The van der Waals surface area contributed by atoms with E-state index >= 15 is 0 Å². The maximum atomic E-state index is 12.6. The molecule has 15 heavy (non-hydrogen) atoms. The maximum absolute atomic E-state index is 12.6. The number of alkyl halides is 1. The summed E-state index contributed by atoms with van der Waals surface area (Å²) in [6.07, 6.45) is 1.05. The molecule has 0 radical (unpaired) electrons. The van der Waals surface area contributed by atoms with Gasteiger partial charge in [-0.1, -0.05) is 42.8 Å². The van der Waals surface area contributed by atoms with Crippen LogP contribution in [0.4, 0.5) is 4.39 Å². The fourth-order valence-corrected chi connectivity index (χ4v) is 2.20. The van der Waals surface area contributed by atoms with Crippen LogP contribution < -0.4 is 0 Å². The second-order valence-electron chi connectivity index (χ2n) is 4.55. The Balaban J connectivity index is 2.94. The highest BCUT2D eigenvalue weighted by Crippen LogP contribution is 2.24. The molecule has 0 aliphatic rings. The normalized spacial score (nSPS) is 13.2. The van der Waals surface area contributed by atoms with Crippen LogP contribution >= 0.6 is 15.9 Å². The van der Waals surface area contributed by atoms with Gasteiger partial charge in [-0.3, -0.25) is 4.39 Å². The van der Waals surface area contributed by atoms with Gasteiger partial charge in [-0.2, -0.15) is 0 Å². The maximum Gasteiger partial charge on any atom is 0.0960 e. The minimum Gasteiger partial charge on any atom is -0.250 e. The lowest BCUT2D eigenvalue weighted by Crippen LogP contribution is -1.99. The van der Waals surface area contributed by atoms with Crippen LogP contribution in [-0.2, 0) is 6.42 Å². The van der Waals surface area contributed by atoms with Crippen molar-refractivity contribution in [1.29, 1.82) is 0 Å². The summed E-state index contributed by atoms with van der Waals surface area (Å²) in [4.78, 5) is 0. The van der Waals surface area contributed by atoms with Gasteiger partial charge in [-0.25, -0.2) is 0 Å². The second kappa shape index (κ2) is 5.64. The average Bonchev–Trinajstić information content (AvgIpc) is 2.14. The first-order valence-electron chi connectivity index (χ1n) is 5.38. The van der Waals surface area contributed by atoms with E-state index in [2.05, 4.69) is 41.9 Å². The van der Waals surface area contributed by atoms with E-state index in [1.54, 1.807) is 0 Å². The van der Waals surface area contributed by atoms with Crippen molar-refractivity contribution in [3.05, 3.63) is 33.8 Å². The monoisotopic (exact) mass is 272 g/mol. The predicted octanol–water partition coefficient (Wildman–Crippen LogP) is 4.72. The molecule has 84 valence electrons. The first-order valence-corrected chi connectivity index (χ1v) is 6.17. The molecule has 0 saturated carbocycles. The summed E-state index contributed by atoms with van der Waals surface area (Å²) in [6.45, 7) is 6.01. The Kier molecular flexibility index (Phi) is 4.78. The summed E-state index contributed by atoms with van der Waals surface area (Å²) < 4.78 is 13.6. The SMILES string of the molecule is CC(C)Cc1cc(Br)cc(C(C)CF)c1. The third-order valence-electron chi connectivity index (χ3n) is 2.42. The number of halogens is 2. The molecule has 1 atom stereocenters. The van der Waals surface area contributed by atoms with Gasteiger partial charge in [0.2, 0.25) is 0 Å². The van der Waals surface area contributed by atoms with Crippen molar-refractivity contribution in [3.8, 4) is 0 Å². The molecule has 0 amide bonds. The van der Waals surface area contributed by atoms with Crippen LogP contribution in [0.2, 0.25) is 0 Å². The van der Waals surface area contributed by atoms with E-state index in [1.165, 1.54) is 5.56 Å². The van der Waals surface area contributed by atoms with Crippen molar-refractivity contribution in [2.75, 3.05) is 6.67 Å². The zero-order valence-corrected chi connectivity index (χ0v) is 11.1. The molecular weight excluding hydrogens is 255 g/mol. The molecule has 0 bridgehead atoms. The summed E-state index contributed by atoms with van der Waals surface area (Å²) in [5, 5.41) is 0. The Morgan fingerprint density at radius 1 is 1.20 bits per heavy atom. The van der Waals surface area contributed by atoms with Crippen LogP contribution in [0.1, 0.15) is 37.8 Å². The largest absolute Gasteiger partial charge is 0.250 e. The molecule has 0 N–H and O–H groups in total. The van der Waals surface area contributed by atoms with Crippen LogP contribution in [0, 0.1) is 5.92 Å². The van der Waals surface area contributed by atoms with E-state index < -0.39 is 0 Å². The first kappa shape index (κ1) is 12.7. The molecule has 0 aromatic heterocycles. The molecule has 0 fully saturated rings. The Bertz CT molecular complexity index is 320. The van der Waals surface area contributed by atoms with Gasteiger partial charge < -0.3 is 0 Å². The Hall–Kier alpha value is -0.370. The molecule has 0 saturated heterocycles. The van der Waals surface area contributed by atoms with Crippen molar-refractivity contribution in [3.63, 3.8) is 0 Å². The van der Waals surface area contributed by atoms with Gasteiger partial charge in [0.15, 0.2) is 0 Å². The molecule has 0 aliphatic carbocycles. The number of hydrogen-bond donors (Lipinski definition) is 0. The van der Waals surface area contributed by atoms with Crippen molar-refractivity contribution >= 4 is 15.9 Å². The van der Waals surface area contributed by atoms with Gasteiger partial charge in [0, 0.05) is 10.4 Å². The van der Waals surface area contributed by atoms with Gasteiger partial charge in [0.25, 0.3) is 0 Å². The van der Waals surface area contributed by atoms with E-state index in [9.17, 15) is 4.39 Å². The van der Waals surface area contributed by atoms with Gasteiger partial charge in [-0.15, -0.1) is 0 Å². The van der Waals surface area contributed by atoms with Crippen molar-refractivity contribution in [2.45, 2.75) is 33.1 Å². The van der Waals surface area contributed by atoms with E-state index in [1.807, 2.05) is 13.0 Å². The quantitative estimate of drug-likeness (QED) is 0.744. The van der Waals surface area contributed by atoms with Crippen molar-refractivity contribution < 1.29 is 4.39 Å². The summed E-state index contributed by atoms with van der Waals surface area (Å²) in [6, 6.07) is 6.25. The van der Waals surface area contributed by atoms with E-state index in [0.717, 1.165) is 16.5 Å². The summed E-state index contributed by atoms with van der Waals surface area (Å²) in [7, 11) is 0. The van der Waals surface area contributed by atoms with Crippen molar-refractivity contribution in [2.24, 2.45) is 5.92 Å². The summed E-state index contributed by atoms with van der Waals surface area (Å²) in [5.41, 5.74) is 2.37. The molecule has 0 spiro atoms. The van der Waals surface area contributed by atoms with Gasteiger partial charge >= 0.3 is 0 Å². The fraction of sp³-hybridized carbons (Fsp3) is 0.538. The summed E-state index contributed by atoms with van der Waals surface area (Å²) >= 11 is 3.48. The van der Waals surface area contributed by atoms with Gasteiger partial charge in [-0.05, 0) is 35.6 Å². The summed E-state index contributed by atoms with van der Waals surface area (Å²) in [5.74, 6) is 0.626. The number of hydrogen-bond acceptors (Lipinski definition) is 0. The topological polar surface area (TPSA) is 0 Å². The molecule has 0 heterocycles. The molecule has 1 unspecified atom stereocenters. The lowest BCUT2D eigenvalue weighted by molar-refractivity contribution is 0.447. The van der Waals surface area contributed by atoms with Gasteiger partial charge in [0.05, 0.1) is 6.67 Å². The van der Waals surface area contributed by atoms with Crippen LogP contribution in [0.15, 0.2) is 22.7 Å². The molecule has 2 heteroatoms. The minimum absolute atomic E-state index is 0.00610. The predicted molar refractivity (Wildman–Crippen MR) is 67.1 cm³/mol. The van der Waals surface area contributed by atoms with Crippen molar-refractivity contribution in [1.82, 2.24) is 0 Å². The molecular formula is C13H18BrF. The smallest absolute Gasteiger partial charge is 0.0960 e. The Labute approximate surface area is 100 Å². The van der Waals surface area contributed by atoms with Crippen LogP contribution in [0.25, 0.3) is 0 Å². The second-order valence-corrected chi connectivity index (χ2v) is 5.46. The van der Waals surface area contributed by atoms with E-state index in [0.29, 0.717) is 5.92 Å². The molecule has 1 aromatic carbocycles. The highest BCUT2D eigenvalue weighted by Gasteiger charge is 2.08. The Morgan fingerprint density at radius 2 is 1.87 bits per heavy atom. The molecule has 0 nitrogen and oxygen atoms in total.